The van der Waals surface area contributed by atoms with Crippen molar-refractivity contribution in [2.75, 3.05) is 0 Å². The number of hydrogen-bond acceptors (Lipinski definition) is 0. The van der Waals surface area contributed by atoms with Crippen LogP contribution in [-0.2, 0) is 6.18 Å². The molecule has 0 aliphatic rings. The van der Waals surface area contributed by atoms with Crippen LogP contribution in [0.15, 0.2) is 78.9 Å². The summed E-state index contributed by atoms with van der Waals surface area (Å²) >= 11 is 6.29. The molecule has 24 heavy (non-hydrogen) atoms. The van der Waals surface area contributed by atoms with Gasteiger partial charge in [-0.2, -0.15) is 13.2 Å². The Hall–Kier alpha value is -1.83. The van der Waals surface area contributed by atoms with Crippen molar-refractivity contribution in [2.45, 2.75) is 6.18 Å². The van der Waals surface area contributed by atoms with Gasteiger partial charge in [0.25, 0.3) is 0 Å². The van der Waals surface area contributed by atoms with Gasteiger partial charge in [0.15, 0.2) is 0 Å². The van der Waals surface area contributed by atoms with Crippen LogP contribution >= 0.6 is 19.5 Å². The number of alkyl halides is 3. The Morgan fingerprint density at radius 3 is 1.67 bits per heavy atom. The van der Waals surface area contributed by atoms with Gasteiger partial charge in [0.05, 0.1) is 5.56 Å². The largest absolute Gasteiger partial charge is 0.416 e. The van der Waals surface area contributed by atoms with Gasteiger partial charge >= 0.3 is 6.18 Å². The van der Waals surface area contributed by atoms with E-state index in [2.05, 4.69) is 0 Å². The van der Waals surface area contributed by atoms with E-state index in [0.29, 0.717) is 10.3 Å². The van der Waals surface area contributed by atoms with Crippen LogP contribution in [0.25, 0.3) is 0 Å². The molecule has 3 rings (SSSR count). The molecule has 0 aliphatic carbocycles. The van der Waals surface area contributed by atoms with Gasteiger partial charge in [-0.25, -0.2) is 0 Å². The van der Waals surface area contributed by atoms with Crippen LogP contribution < -0.4 is 15.9 Å². The van der Waals surface area contributed by atoms with Crippen LogP contribution in [-0.4, -0.2) is 0 Å². The van der Waals surface area contributed by atoms with Gasteiger partial charge in [0.2, 0.25) is 0 Å². The predicted molar refractivity (Wildman–Crippen MR) is 95.2 cm³/mol. The van der Waals surface area contributed by atoms with Gasteiger partial charge in [0.1, 0.15) is 0 Å². The van der Waals surface area contributed by atoms with E-state index < -0.39 is 19.7 Å². The lowest BCUT2D eigenvalue weighted by Gasteiger charge is -2.21. The molecular weight excluding hydrogens is 352 g/mol. The minimum atomic E-state index is -4.40. The average molecular weight is 365 g/mol. The summed E-state index contributed by atoms with van der Waals surface area (Å²) in [7, 11) is -1.16. The molecule has 0 saturated heterocycles. The molecule has 0 fully saturated rings. The molecule has 122 valence electrons. The molecule has 3 aromatic rings. The van der Waals surface area contributed by atoms with Crippen LogP contribution in [0.2, 0.25) is 5.02 Å². The number of hydrogen-bond donors (Lipinski definition) is 0. The molecule has 0 unspecified atom stereocenters. The maximum Gasteiger partial charge on any atom is 0.416 e. The lowest BCUT2D eigenvalue weighted by atomic mass is 10.2. The topological polar surface area (TPSA) is 0 Å². The number of rotatable bonds is 3. The third-order valence-electron chi connectivity index (χ3n) is 3.54. The maximum absolute atomic E-state index is 13.1. The first-order chi connectivity index (χ1) is 11.5. The zero-order chi connectivity index (χ0) is 17.2. The van der Waals surface area contributed by atoms with E-state index in [0.717, 1.165) is 16.7 Å². The summed E-state index contributed by atoms with van der Waals surface area (Å²) in [6.45, 7) is 0. The first-order valence-electron chi connectivity index (χ1n) is 7.24. The van der Waals surface area contributed by atoms with E-state index >= 15 is 0 Å². The van der Waals surface area contributed by atoms with Gasteiger partial charge < -0.3 is 0 Å². The lowest BCUT2D eigenvalue weighted by molar-refractivity contribution is -0.137. The van der Waals surface area contributed by atoms with Crippen LogP contribution in [0, 0.1) is 0 Å². The van der Waals surface area contributed by atoms with Gasteiger partial charge in [-0.15, -0.1) is 0 Å². The molecule has 5 heteroatoms. The number of halogens is 4. The fraction of sp³-hybridized carbons (Fsp3) is 0.0526. The molecule has 0 nitrogen and oxygen atoms in total. The summed E-state index contributed by atoms with van der Waals surface area (Å²) < 4.78 is 39.4. The summed E-state index contributed by atoms with van der Waals surface area (Å²) in [6, 6.07) is 22.5. The van der Waals surface area contributed by atoms with Gasteiger partial charge in [-0.05, 0) is 36.7 Å². The van der Waals surface area contributed by atoms with Crippen molar-refractivity contribution in [3.63, 3.8) is 0 Å². The Kier molecular flexibility index (Phi) is 4.93. The zero-order valence-corrected chi connectivity index (χ0v) is 14.1. The third-order valence-corrected chi connectivity index (χ3v) is 6.49. The molecule has 0 aromatic heterocycles. The second kappa shape index (κ2) is 6.96. The highest BCUT2D eigenvalue weighted by Gasteiger charge is 2.32. The van der Waals surface area contributed by atoms with Crippen molar-refractivity contribution < 1.29 is 13.2 Å². The SMILES string of the molecule is FC(F)(F)c1ccc(Cl)c(P(c2ccccc2)c2ccccc2)c1. The molecule has 0 spiro atoms. The highest BCUT2D eigenvalue weighted by Crippen LogP contribution is 2.38. The van der Waals surface area contributed by atoms with E-state index in [9.17, 15) is 13.2 Å². The molecule has 0 N–H and O–H groups in total. The Balaban J connectivity index is 2.20. The van der Waals surface area contributed by atoms with E-state index in [4.69, 9.17) is 11.6 Å². The van der Waals surface area contributed by atoms with Crippen LogP contribution in [0.1, 0.15) is 5.56 Å². The molecule has 0 saturated carbocycles. The van der Waals surface area contributed by atoms with Crippen molar-refractivity contribution in [1.82, 2.24) is 0 Å². The van der Waals surface area contributed by atoms with Crippen LogP contribution in [0.5, 0.6) is 0 Å². The molecule has 0 bridgehead atoms. The van der Waals surface area contributed by atoms with Crippen LogP contribution in [0.3, 0.4) is 0 Å². The quantitative estimate of drug-likeness (QED) is 0.566. The van der Waals surface area contributed by atoms with E-state index in [1.165, 1.54) is 12.1 Å². The van der Waals surface area contributed by atoms with Crippen molar-refractivity contribution in [3.05, 3.63) is 89.4 Å². The summed E-state index contributed by atoms with van der Waals surface area (Å²) in [6.07, 6.45) is -4.40. The zero-order valence-electron chi connectivity index (χ0n) is 12.5. The Bertz CT molecular complexity index is 778. The van der Waals surface area contributed by atoms with Gasteiger partial charge in [0, 0.05) is 10.3 Å². The first kappa shape index (κ1) is 17.0. The second-order valence-electron chi connectivity index (χ2n) is 5.17. The fourth-order valence-electron chi connectivity index (χ4n) is 2.44. The summed E-state index contributed by atoms with van der Waals surface area (Å²) in [5.74, 6) is 0. The molecule has 0 amide bonds. The summed E-state index contributed by atoms with van der Waals surface area (Å²) in [5.41, 5.74) is -0.679. The molecule has 3 aromatic carbocycles. The van der Waals surface area contributed by atoms with Crippen molar-refractivity contribution in [2.24, 2.45) is 0 Å². The normalized spacial score (nSPS) is 11.7. The van der Waals surface area contributed by atoms with Crippen molar-refractivity contribution in [3.8, 4) is 0 Å². The van der Waals surface area contributed by atoms with Gasteiger partial charge in [-0.1, -0.05) is 72.3 Å². The Morgan fingerprint density at radius 1 is 0.708 bits per heavy atom. The second-order valence-corrected chi connectivity index (χ2v) is 7.76. The van der Waals surface area contributed by atoms with Crippen LogP contribution in [0.4, 0.5) is 13.2 Å². The Labute approximate surface area is 144 Å². The van der Waals surface area contributed by atoms with E-state index in [1.54, 1.807) is 0 Å². The minimum absolute atomic E-state index is 0.349. The highest BCUT2D eigenvalue weighted by atomic mass is 35.5. The molecule has 0 aliphatic heterocycles. The predicted octanol–water partition coefficient (Wildman–Crippen LogP) is 5.12. The number of benzene rings is 3. The smallest absolute Gasteiger partial charge is 0.166 e. The standard InChI is InChI=1S/C19H13ClF3P/c20-17-12-11-14(19(21,22)23)13-18(17)24(15-7-3-1-4-8-15)16-9-5-2-6-10-16/h1-13H. The van der Waals surface area contributed by atoms with E-state index in [-0.39, 0.29) is 0 Å². The summed E-state index contributed by atoms with van der Waals surface area (Å²) in [5, 5.41) is 2.78. The van der Waals surface area contributed by atoms with Gasteiger partial charge in [-0.3, -0.25) is 0 Å². The average Bonchev–Trinajstić information content (AvgIpc) is 2.58. The monoisotopic (exact) mass is 364 g/mol. The van der Waals surface area contributed by atoms with E-state index in [1.807, 2.05) is 60.7 Å². The Morgan fingerprint density at radius 2 is 1.21 bits per heavy atom. The molecule has 0 radical (unpaired) electrons. The third kappa shape index (κ3) is 3.63. The maximum atomic E-state index is 13.1. The minimum Gasteiger partial charge on any atom is -0.166 e. The van der Waals surface area contributed by atoms with Crippen molar-refractivity contribution >= 4 is 35.4 Å². The molecule has 0 atom stereocenters. The lowest BCUT2D eigenvalue weighted by Crippen LogP contribution is -2.22. The molecular formula is C19H13ClF3P. The summed E-state index contributed by atoms with van der Waals surface area (Å²) in [4.78, 5) is 0. The highest BCUT2D eigenvalue weighted by molar-refractivity contribution is 7.80. The first-order valence-corrected chi connectivity index (χ1v) is 8.96. The molecule has 0 heterocycles. The van der Waals surface area contributed by atoms with Crippen molar-refractivity contribution in [1.29, 1.82) is 0 Å². The fourth-order valence-corrected chi connectivity index (χ4v) is 5.16.